The molecular formula is C23H24N4O3. The molecule has 1 aliphatic rings. The lowest BCUT2D eigenvalue weighted by atomic mass is 9.84. The first-order chi connectivity index (χ1) is 14.6. The van der Waals surface area contributed by atoms with Gasteiger partial charge in [0.05, 0.1) is 0 Å². The van der Waals surface area contributed by atoms with Gasteiger partial charge >= 0.3 is 0 Å². The molecule has 0 saturated heterocycles. The number of benzene rings is 1. The van der Waals surface area contributed by atoms with Crippen LogP contribution >= 0.6 is 0 Å². The van der Waals surface area contributed by atoms with Gasteiger partial charge in [-0.3, -0.25) is 9.59 Å². The van der Waals surface area contributed by atoms with E-state index in [1.165, 1.54) is 6.26 Å². The maximum Gasteiger partial charge on any atom is 0.278 e. The molecule has 154 valence electrons. The van der Waals surface area contributed by atoms with E-state index in [-0.39, 0.29) is 17.5 Å². The fourth-order valence-electron chi connectivity index (χ4n) is 3.35. The highest BCUT2D eigenvalue weighted by molar-refractivity contribution is 6.02. The molecule has 0 bridgehead atoms. The summed E-state index contributed by atoms with van der Waals surface area (Å²) in [6.45, 7) is 1.85. The minimum Gasteiger partial charge on any atom is -0.446 e. The number of carbonyl (C=O) groups is 2. The zero-order valence-electron chi connectivity index (χ0n) is 16.8. The number of hydrogen-bond donors (Lipinski definition) is 2. The van der Waals surface area contributed by atoms with Crippen molar-refractivity contribution in [2.45, 2.75) is 38.6 Å². The summed E-state index contributed by atoms with van der Waals surface area (Å²) in [7, 11) is 0. The second kappa shape index (κ2) is 8.90. The van der Waals surface area contributed by atoms with E-state index in [1.807, 2.05) is 49.4 Å². The Labute approximate surface area is 174 Å². The molecule has 3 aromatic rings. The summed E-state index contributed by atoms with van der Waals surface area (Å²) < 4.78 is 5.61. The Morgan fingerprint density at radius 2 is 1.90 bits per heavy atom. The topological polar surface area (TPSA) is 97.1 Å². The third kappa shape index (κ3) is 4.74. The number of anilines is 1. The molecule has 4 rings (SSSR count). The molecule has 30 heavy (non-hydrogen) atoms. The third-order valence-corrected chi connectivity index (χ3v) is 5.26. The summed E-state index contributed by atoms with van der Waals surface area (Å²) >= 11 is 0. The normalized spacial score (nSPS) is 14.6. The van der Waals surface area contributed by atoms with Crippen molar-refractivity contribution in [3.05, 3.63) is 77.6 Å². The minimum absolute atomic E-state index is 0.00958. The largest absolute Gasteiger partial charge is 0.446 e. The average molecular weight is 404 g/mol. The van der Waals surface area contributed by atoms with Crippen LogP contribution in [0.5, 0.6) is 0 Å². The predicted octanol–water partition coefficient (Wildman–Crippen LogP) is 3.83. The van der Waals surface area contributed by atoms with Crippen molar-refractivity contribution >= 4 is 17.6 Å². The lowest BCUT2D eigenvalue weighted by Crippen LogP contribution is -2.37. The van der Waals surface area contributed by atoms with E-state index in [1.54, 1.807) is 6.07 Å². The monoisotopic (exact) mass is 404 g/mol. The van der Waals surface area contributed by atoms with Crippen LogP contribution < -0.4 is 10.6 Å². The maximum atomic E-state index is 12.5. The smallest absolute Gasteiger partial charge is 0.278 e. The molecule has 1 aliphatic carbocycles. The van der Waals surface area contributed by atoms with Crippen molar-refractivity contribution in [2.75, 3.05) is 5.32 Å². The van der Waals surface area contributed by atoms with E-state index >= 15 is 0 Å². The number of oxazole rings is 1. The zero-order valence-corrected chi connectivity index (χ0v) is 16.8. The number of hydrogen-bond acceptors (Lipinski definition) is 5. The Balaban J connectivity index is 1.50. The molecule has 1 saturated carbocycles. The number of aryl methyl sites for hydroxylation is 1. The van der Waals surface area contributed by atoms with Gasteiger partial charge in [-0.15, -0.1) is 0 Å². The Morgan fingerprint density at radius 3 is 2.60 bits per heavy atom. The van der Waals surface area contributed by atoms with Crippen LogP contribution in [0.1, 0.15) is 52.9 Å². The lowest BCUT2D eigenvalue weighted by molar-refractivity contribution is -0.128. The van der Waals surface area contributed by atoms with Crippen molar-refractivity contribution in [1.82, 2.24) is 15.3 Å². The predicted molar refractivity (Wildman–Crippen MR) is 112 cm³/mol. The summed E-state index contributed by atoms with van der Waals surface area (Å²) in [5.41, 5.74) is 1.99. The van der Waals surface area contributed by atoms with Crippen LogP contribution in [0.4, 0.5) is 5.82 Å². The number of rotatable bonds is 7. The standard InChI is InChI=1S/C23H24N4O3/c1-15-7-5-12-20(24-15)27-22(29)19-14-30-23(26-19)18(13-16-8-3-2-4-9-16)25-21(28)17-10-6-11-17/h2-5,7-9,12,14,17-18H,6,10-11,13H2,1H3,(H,25,28)(H,24,27,29)/t18-/m1/s1. The molecular weight excluding hydrogens is 380 g/mol. The summed E-state index contributed by atoms with van der Waals surface area (Å²) in [4.78, 5) is 33.7. The van der Waals surface area contributed by atoms with E-state index in [2.05, 4.69) is 20.6 Å². The van der Waals surface area contributed by atoms with Crippen LogP contribution in [-0.4, -0.2) is 21.8 Å². The Bertz CT molecular complexity index is 1030. The van der Waals surface area contributed by atoms with Crippen molar-refractivity contribution in [2.24, 2.45) is 5.92 Å². The first-order valence-electron chi connectivity index (χ1n) is 10.1. The second-order valence-electron chi connectivity index (χ2n) is 7.57. The van der Waals surface area contributed by atoms with E-state index in [9.17, 15) is 9.59 Å². The number of nitrogens with zero attached hydrogens (tertiary/aromatic N) is 2. The SMILES string of the molecule is Cc1cccc(NC(=O)c2coc([C@@H](Cc3ccccc3)NC(=O)C3CCC3)n2)n1. The van der Waals surface area contributed by atoms with Gasteiger partial charge in [-0.1, -0.05) is 42.8 Å². The zero-order chi connectivity index (χ0) is 20.9. The van der Waals surface area contributed by atoms with E-state index < -0.39 is 11.9 Å². The van der Waals surface area contributed by atoms with Gasteiger partial charge in [0.15, 0.2) is 5.69 Å². The average Bonchev–Trinajstić information content (AvgIpc) is 3.17. The summed E-state index contributed by atoms with van der Waals surface area (Å²) in [6.07, 6.45) is 4.74. The summed E-state index contributed by atoms with van der Waals surface area (Å²) in [6, 6.07) is 14.7. The first-order valence-corrected chi connectivity index (χ1v) is 10.1. The first kappa shape index (κ1) is 19.8. The van der Waals surface area contributed by atoms with Gasteiger partial charge in [0.1, 0.15) is 18.1 Å². The number of nitrogens with one attached hydrogen (secondary N) is 2. The quantitative estimate of drug-likeness (QED) is 0.624. The van der Waals surface area contributed by atoms with Gasteiger partial charge in [-0.25, -0.2) is 9.97 Å². The van der Waals surface area contributed by atoms with Crippen molar-refractivity contribution in [3.8, 4) is 0 Å². The van der Waals surface area contributed by atoms with Crippen molar-refractivity contribution < 1.29 is 14.0 Å². The van der Waals surface area contributed by atoms with Gasteiger partial charge in [0.2, 0.25) is 11.8 Å². The molecule has 0 spiro atoms. The Kier molecular flexibility index (Phi) is 5.88. The molecule has 1 aromatic carbocycles. The molecule has 0 aliphatic heterocycles. The van der Waals surface area contributed by atoms with Crippen LogP contribution in [0.2, 0.25) is 0 Å². The lowest BCUT2D eigenvalue weighted by Gasteiger charge is -2.26. The highest BCUT2D eigenvalue weighted by atomic mass is 16.3. The van der Waals surface area contributed by atoms with Crippen LogP contribution in [-0.2, 0) is 11.2 Å². The Hall–Kier alpha value is -3.48. The third-order valence-electron chi connectivity index (χ3n) is 5.26. The maximum absolute atomic E-state index is 12.5. The minimum atomic E-state index is -0.445. The van der Waals surface area contributed by atoms with Crippen LogP contribution in [0, 0.1) is 12.8 Å². The molecule has 2 amide bonds. The number of pyridine rings is 1. The Morgan fingerprint density at radius 1 is 1.10 bits per heavy atom. The van der Waals surface area contributed by atoms with Crippen molar-refractivity contribution in [3.63, 3.8) is 0 Å². The van der Waals surface area contributed by atoms with Gasteiger partial charge < -0.3 is 15.1 Å². The molecule has 2 N–H and O–H groups in total. The molecule has 1 fully saturated rings. The van der Waals surface area contributed by atoms with Gasteiger partial charge in [0.25, 0.3) is 5.91 Å². The van der Waals surface area contributed by atoms with Crippen LogP contribution in [0.25, 0.3) is 0 Å². The van der Waals surface area contributed by atoms with Gasteiger partial charge in [-0.05, 0) is 37.5 Å². The van der Waals surface area contributed by atoms with Gasteiger partial charge in [-0.2, -0.15) is 0 Å². The fraction of sp³-hybridized carbons (Fsp3) is 0.304. The number of amides is 2. The summed E-state index contributed by atoms with van der Waals surface area (Å²) in [5, 5.41) is 5.77. The van der Waals surface area contributed by atoms with Crippen molar-refractivity contribution in [1.29, 1.82) is 0 Å². The van der Waals surface area contributed by atoms with E-state index in [0.29, 0.717) is 18.1 Å². The molecule has 0 unspecified atom stereocenters. The summed E-state index contributed by atoms with van der Waals surface area (Å²) in [5.74, 6) is 0.410. The second-order valence-corrected chi connectivity index (χ2v) is 7.57. The molecule has 1 atom stereocenters. The molecule has 7 nitrogen and oxygen atoms in total. The molecule has 2 aromatic heterocycles. The molecule has 2 heterocycles. The van der Waals surface area contributed by atoms with Crippen LogP contribution in [0.3, 0.4) is 0 Å². The number of aromatic nitrogens is 2. The van der Waals surface area contributed by atoms with E-state index in [0.717, 1.165) is 30.5 Å². The number of carbonyl (C=O) groups excluding carboxylic acids is 2. The highest BCUT2D eigenvalue weighted by Crippen LogP contribution is 2.28. The van der Waals surface area contributed by atoms with Gasteiger partial charge in [0, 0.05) is 18.0 Å². The highest BCUT2D eigenvalue weighted by Gasteiger charge is 2.29. The molecule has 7 heteroatoms. The molecule has 0 radical (unpaired) electrons. The fourth-order valence-corrected chi connectivity index (χ4v) is 3.35. The van der Waals surface area contributed by atoms with E-state index in [4.69, 9.17) is 4.42 Å². The van der Waals surface area contributed by atoms with Crippen LogP contribution in [0.15, 0.2) is 59.2 Å².